The third-order valence-electron chi connectivity index (χ3n) is 3.50. The molecule has 1 saturated carbocycles. The molecular formula is C11H16O. The maximum absolute atomic E-state index is 11.5. The topological polar surface area (TPSA) is 17.1 Å². The molecule has 0 bridgehead atoms. The van der Waals surface area contributed by atoms with Crippen molar-refractivity contribution in [2.24, 2.45) is 17.3 Å². The predicted molar refractivity (Wildman–Crippen MR) is 48.8 cm³/mol. The number of carbonyl (C=O) groups excluding carboxylic acids is 1. The Balaban J connectivity index is 2.27. The Kier molecular flexibility index (Phi) is 1.64. The molecule has 0 aliphatic heterocycles. The SMILES string of the molecule is CC1(C)CCC(=O)C2CC=CC21. The first kappa shape index (κ1) is 8.03. The predicted octanol–water partition coefficient (Wildman–Crippen LogP) is 2.57. The van der Waals surface area contributed by atoms with Gasteiger partial charge in [-0.15, -0.1) is 0 Å². The molecule has 0 amide bonds. The van der Waals surface area contributed by atoms with Crippen LogP contribution in [0.1, 0.15) is 33.1 Å². The van der Waals surface area contributed by atoms with Crippen molar-refractivity contribution in [2.75, 3.05) is 0 Å². The molecule has 0 spiro atoms. The van der Waals surface area contributed by atoms with E-state index in [1.807, 2.05) is 0 Å². The van der Waals surface area contributed by atoms with Crippen LogP contribution >= 0.6 is 0 Å². The molecule has 0 heterocycles. The Morgan fingerprint density at radius 3 is 2.92 bits per heavy atom. The molecule has 0 saturated heterocycles. The van der Waals surface area contributed by atoms with Crippen LogP contribution in [0.5, 0.6) is 0 Å². The molecule has 0 aromatic rings. The van der Waals surface area contributed by atoms with Gasteiger partial charge in [-0.2, -0.15) is 0 Å². The fraction of sp³-hybridized carbons (Fsp3) is 0.727. The van der Waals surface area contributed by atoms with Gasteiger partial charge in [0.25, 0.3) is 0 Å². The zero-order valence-electron chi connectivity index (χ0n) is 7.84. The average Bonchev–Trinajstić information content (AvgIpc) is 2.46. The van der Waals surface area contributed by atoms with Crippen molar-refractivity contribution >= 4 is 5.78 Å². The van der Waals surface area contributed by atoms with Crippen LogP contribution in [0.15, 0.2) is 12.2 Å². The quantitative estimate of drug-likeness (QED) is 0.503. The first-order chi connectivity index (χ1) is 5.61. The first-order valence-corrected chi connectivity index (χ1v) is 4.81. The number of allylic oxidation sites excluding steroid dienone is 2. The molecule has 1 fully saturated rings. The summed E-state index contributed by atoms with van der Waals surface area (Å²) < 4.78 is 0. The van der Waals surface area contributed by atoms with Crippen molar-refractivity contribution in [3.05, 3.63) is 12.2 Å². The van der Waals surface area contributed by atoms with Crippen LogP contribution in [0.3, 0.4) is 0 Å². The van der Waals surface area contributed by atoms with Gasteiger partial charge >= 0.3 is 0 Å². The molecule has 2 aliphatic rings. The molecule has 0 aromatic heterocycles. The largest absolute Gasteiger partial charge is 0.299 e. The Labute approximate surface area is 73.8 Å². The first-order valence-electron chi connectivity index (χ1n) is 4.81. The van der Waals surface area contributed by atoms with Crippen molar-refractivity contribution in [2.45, 2.75) is 33.1 Å². The lowest BCUT2D eigenvalue weighted by molar-refractivity contribution is -0.128. The Morgan fingerprint density at radius 2 is 2.25 bits per heavy atom. The Bertz CT molecular complexity index is 237. The summed E-state index contributed by atoms with van der Waals surface area (Å²) in [6, 6.07) is 0. The molecule has 2 rings (SSSR count). The van der Waals surface area contributed by atoms with Gasteiger partial charge < -0.3 is 0 Å². The zero-order chi connectivity index (χ0) is 8.77. The highest BCUT2D eigenvalue weighted by molar-refractivity contribution is 5.83. The molecule has 0 radical (unpaired) electrons. The van der Waals surface area contributed by atoms with Gasteiger partial charge in [0.15, 0.2) is 0 Å². The molecule has 0 aromatic carbocycles. The number of ketones is 1. The van der Waals surface area contributed by atoms with Crippen LogP contribution in [-0.4, -0.2) is 5.78 Å². The van der Waals surface area contributed by atoms with E-state index >= 15 is 0 Å². The monoisotopic (exact) mass is 164 g/mol. The molecule has 0 N–H and O–H groups in total. The van der Waals surface area contributed by atoms with E-state index in [9.17, 15) is 4.79 Å². The Morgan fingerprint density at radius 1 is 1.50 bits per heavy atom. The van der Waals surface area contributed by atoms with E-state index in [0.717, 1.165) is 19.3 Å². The summed E-state index contributed by atoms with van der Waals surface area (Å²) in [6.45, 7) is 4.57. The van der Waals surface area contributed by atoms with Crippen LogP contribution in [0.4, 0.5) is 0 Å². The van der Waals surface area contributed by atoms with Gasteiger partial charge in [0, 0.05) is 12.3 Å². The minimum atomic E-state index is 0.328. The molecule has 2 unspecified atom stereocenters. The van der Waals surface area contributed by atoms with E-state index in [-0.39, 0.29) is 0 Å². The number of fused-ring (bicyclic) bond motifs is 1. The average molecular weight is 164 g/mol. The molecule has 2 aliphatic carbocycles. The van der Waals surface area contributed by atoms with E-state index in [0.29, 0.717) is 23.0 Å². The van der Waals surface area contributed by atoms with Gasteiger partial charge in [-0.05, 0) is 24.2 Å². The highest BCUT2D eigenvalue weighted by atomic mass is 16.1. The van der Waals surface area contributed by atoms with Gasteiger partial charge in [-0.1, -0.05) is 26.0 Å². The highest BCUT2D eigenvalue weighted by Gasteiger charge is 2.43. The lowest BCUT2D eigenvalue weighted by Crippen LogP contribution is -2.36. The van der Waals surface area contributed by atoms with E-state index in [4.69, 9.17) is 0 Å². The number of hydrogen-bond acceptors (Lipinski definition) is 1. The highest BCUT2D eigenvalue weighted by Crippen LogP contribution is 2.47. The van der Waals surface area contributed by atoms with Gasteiger partial charge in [0.2, 0.25) is 0 Å². The molecular weight excluding hydrogens is 148 g/mol. The summed E-state index contributed by atoms with van der Waals surface area (Å²) in [4.78, 5) is 11.5. The second kappa shape index (κ2) is 2.45. The maximum atomic E-state index is 11.5. The summed E-state index contributed by atoms with van der Waals surface area (Å²) in [5.41, 5.74) is 0.353. The Hall–Kier alpha value is -0.590. The molecule has 66 valence electrons. The second-order valence-electron chi connectivity index (χ2n) is 4.75. The zero-order valence-corrected chi connectivity index (χ0v) is 7.84. The normalized spacial score (nSPS) is 38.3. The van der Waals surface area contributed by atoms with Crippen LogP contribution in [-0.2, 0) is 4.79 Å². The van der Waals surface area contributed by atoms with Crippen molar-refractivity contribution in [3.8, 4) is 0 Å². The van der Waals surface area contributed by atoms with Crippen molar-refractivity contribution < 1.29 is 4.79 Å². The van der Waals surface area contributed by atoms with Crippen molar-refractivity contribution in [3.63, 3.8) is 0 Å². The summed E-state index contributed by atoms with van der Waals surface area (Å²) in [5.74, 6) is 1.34. The number of Topliss-reactive ketones (excluding diaryl/α,β-unsaturated/α-hetero) is 1. The summed E-state index contributed by atoms with van der Waals surface area (Å²) in [6.07, 6.45) is 7.29. The molecule has 2 atom stereocenters. The second-order valence-corrected chi connectivity index (χ2v) is 4.75. The van der Waals surface area contributed by atoms with E-state index < -0.39 is 0 Å². The minimum Gasteiger partial charge on any atom is -0.299 e. The molecule has 12 heavy (non-hydrogen) atoms. The summed E-state index contributed by atoms with van der Waals surface area (Å²) in [5, 5.41) is 0. The van der Waals surface area contributed by atoms with Gasteiger partial charge in [-0.3, -0.25) is 4.79 Å². The van der Waals surface area contributed by atoms with Gasteiger partial charge in [-0.25, -0.2) is 0 Å². The number of rotatable bonds is 0. The standard InChI is InChI=1S/C11H16O/c1-11(2)7-6-10(12)8-4-3-5-9(8)11/h3,5,8-9H,4,6-7H2,1-2H3. The van der Waals surface area contributed by atoms with Crippen LogP contribution in [0.2, 0.25) is 0 Å². The molecule has 1 heteroatoms. The minimum absolute atomic E-state index is 0.328. The summed E-state index contributed by atoms with van der Waals surface area (Å²) >= 11 is 0. The summed E-state index contributed by atoms with van der Waals surface area (Å²) in [7, 11) is 0. The van der Waals surface area contributed by atoms with Crippen LogP contribution in [0.25, 0.3) is 0 Å². The van der Waals surface area contributed by atoms with Crippen LogP contribution in [0, 0.1) is 17.3 Å². The maximum Gasteiger partial charge on any atom is 0.136 e. The number of hydrogen-bond donors (Lipinski definition) is 0. The third kappa shape index (κ3) is 1.03. The molecule has 1 nitrogen and oxygen atoms in total. The van der Waals surface area contributed by atoms with Crippen molar-refractivity contribution in [1.82, 2.24) is 0 Å². The van der Waals surface area contributed by atoms with E-state index in [1.54, 1.807) is 0 Å². The van der Waals surface area contributed by atoms with Gasteiger partial charge in [0.05, 0.1) is 0 Å². The fourth-order valence-corrected chi connectivity index (χ4v) is 2.59. The van der Waals surface area contributed by atoms with E-state index in [2.05, 4.69) is 26.0 Å². The third-order valence-corrected chi connectivity index (χ3v) is 3.50. The van der Waals surface area contributed by atoms with E-state index in [1.165, 1.54) is 0 Å². The van der Waals surface area contributed by atoms with Gasteiger partial charge in [0.1, 0.15) is 5.78 Å². The fourth-order valence-electron chi connectivity index (χ4n) is 2.59. The lowest BCUT2D eigenvalue weighted by atomic mass is 9.64. The van der Waals surface area contributed by atoms with Crippen LogP contribution < -0.4 is 0 Å². The lowest BCUT2D eigenvalue weighted by Gasteiger charge is -2.39. The smallest absolute Gasteiger partial charge is 0.136 e. The van der Waals surface area contributed by atoms with Crippen molar-refractivity contribution in [1.29, 1.82) is 0 Å². The number of carbonyl (C=O) groups is 1.